The van der Waals surface area contributed by atoms with Crippen molar-refractivity contribution in [1.29, 1.82) is 0 Å². The Morgan fingerprint density at radius 2 is 2.06 bits per heavy atom. The molecule has 1 rings (SSSR count). The lowest BCUT2D eigenvalue weighted by Crippen LogP contribution is -2.15. The molecular weight excluding hydrogens is 220 g/mol. The smallest absolute Gasteiger partial charge is 0.0820 e. The van der Waals surface area contributed by atoms with Crippen LogP contribution in [0.5, 0.6) is 0 Å². The van der Waals surface area contributed by atoms with E-state index in [2.05, 4.69) is 31.1 Å². The van der Waals surface area contributed by atoms with Gasteiger partial charge in [0.15, 0.2) is 0 Å². The minimum Gasteiger partial charge on any atom is -0.381 e. The molecule has 0 radical (unpaired) electrons. The molecular formula is C13H21ClN2. The second-order valence-corrected chi connectivity index (χ2v) is 5.13. The molecule has 0 aliphatic carbocycles. The third-order valence-electron chi connectivity index (χ3n) is 2.59. The molecule has 0 saturated heterocycles. The van der Waals surface area contributed by atoms with E-state index >= 15 is 0 Å². The number of nitrogens with zero attached hydrogens (tertiary/aromatic N) is 1. The van der Waals surface area contributed by atoms with Crippen LogP contribution in [0, 0.1) is 5.92 Å². The average molecular weight is 241 g/mol. The highest BCUT2D eigenvalue weighted by Gasteiger charge is 2.05. The molecule has 0 spiro atoms. The summed E-state index contributed by atoms with van der Waals surface area (Å²) in [4.78, 5) is 3.97. The van der Waals surface area contributed by atoms with E-state index in [9.17, 15) is 0 Å². The Morgan fingerprint density at radius 3 is 2.69 bits per heavy atom. The molecule has 0 aliphatic rings. The first kappa shape index (κ1) is 13.3. The molecule has 0 saturated carbocycles. The molecule has 0 aliphatic heterocycles. The van der Waals surface area contributed by atoms with E-state index in [0.29, 0.717) is 11.1 Å². The van der Waals surface area contributed by atoms with Gasteiger partial charge >= 0.3 is 0 Å². The van der Waals surface area contributed by atoms with Crippen LogP contribution in [0.25, 0.3) is 0 Å². The maximum atomic E-state index is 6.03. The first-order valence-electron chi connectivity index (χ1n) is 5.95. The van der Waals surface area contributed by atoms with Crippen LogP contribution in [0.1, 0.15) is 40.0 Å². The molecule has 1 aromatic heterocycles. The zero-order valence-corrected chi connectivity index (χ0v) is 11.1. The standard InChI is InChI=1S/C13H21ClN2/c1-10(2)5-4-6-11(3)16-13-7-8-15-9-12(13)14/h7-11H,4-6H2,1-3H3,(H,15,16). The summed E-state index contributed by atoms with van der Waals surface area (Å²) in [5.74, 6) is 0.789. The van der Waals surface area contributed by atoms with Crippen LogP contribution in [0.3, 0.4) is 0 Å². The van der Waals surface area contributed by atoms with Gasteiger partial charge in [0, 0.05) is 18.4 Å². The third kappa shape index (κ3) is 4.84. The Bertz CT molecular complexity index is 313. The van der Waals surface area contributed by atoms with Crippen LogP contribution in [0.2, 0.25) is 5.02 Å². The zero-order valence-electron chi connectivity index (χ0n) is 10.3. The summed E-state index contributed by atoms with van der Waals surface area (Å²) in [5.41, 5.74) is 0.980. The number of pyridine rings is 1. The zero-order chi connectivity index (χ0) is 12.0. The number of halogens is 1. The van der Waals surface area contributed by atoms with Crippen molar-refractivity contribution in [3.63, 3.8) is 0 Å². The quantitative estimate of drug-likeness (QED) is 0.799. The molecule has 0 amide bonds. The SMILES string of the molecule is CC(C)CCCC(C)Nc1ccncc1Cl. The fraction of sp³-hybridized carbons (Fsp3) is 0.615. The van der Waals surface area contributed by atoms with E-state index in [0.717, 1.165) is 11.6 Å². The van der Waals surface area contributed by atoms with Gasteiger partial charge in [-0.3, -0.25) is 4.98 Å². The van der Waals surface area contributed by atoms with Crippen LogP contribution < -0.4 is 5.32 Å². The molecule has 1 unspecified atom stereocenters. The number of nitrogens with one attached hydrogen (secondary N) is 1. The molecule has 0 bridgehead atoms. The molecule has 3 heteroatoms. The highest BCUT2D eigenvalue weighted by atomic mass is 35.5. The molecule has 1 aromatic rings. The fourth-order valence-electron chi connectivity index (χ4n) is 1.66. The Morgan fingerprint density at radius 1 is 1.31 bits per heavy atom. The van der Waals surface area contributed by atoms with Gasteiger partial charge < -0.3 is 5.32 Å². The molecule has 1 heterocycles. The second kappa shape index (κ2) is 6.74. The maximum absolute atomic E-state index is 6.03. The van der Waals surface area contributed by atoms with Crippen LogP contribution in [0.4, 0.5) is 5.69 Å². The van der Waals surface area contributed by atoms with Crippen molar-refractivity contribution in [1.82, 2.24) is 4.98 Å². The lowest BCUT2D eigenvalue weighted by atomic mass is 10.0. The average Bonchev–Trinajstić information content (AvgIpc) is 2.21. The highest BCUT2D eigenvalue weighted by Crippen LogP contribution is 2.21. The van der Waals surface area contributed by atoms with Crippen molar-refractivity contribution in [3.8, 4) is 0 Å². The van der Waals surface area contributed by atoms with E-state index < -0.39 is 0 Å². The van der Waals surface area contributed by atoms with Gasteiger partial charge in [-0.15, -0.1) is 0 Å². The summed E-state index contributed by atoms with van der Waals surface area (Å²) in [6, 6.07) is 2.38. The lowest BCUT2D eigenvalue weighted by molar-refractivity contribution is 0.520. The van der Waals surface area contributed by atoms with Gasteiger partial charge in [0.1, 0.15) is 0 Å². The summed E-state index contributed by atoms with van der Waals surface area (Å²) in [7, 11) is 0. The minimum atomic E-state index is 0.457. The van der Waals surface area contributed by atoms with Crippen molar-refractivity contribution in [3.05, 3.63) is 23.5 Å². The second-order valence-electron chi connectivity index (χ2n) is 4.73. The van der Waals surface area contributed by atoms with Gasteiger partial charge in [-0.2, -0.15) is 0 Å². The molecule has 0 fully saturated rings. The Labute approximate surface area is 103 Å². The van der Waals surface area contributed by atoms with E-state index in [1.54, 1.807) is 12.4 Å². The number of aromatic nitrogens is 1. The summed E-state index contributed by atoms with van der Waals surface area (Å²) >= 11 is 6.03. The minimum absolute atomic E-state index is 0.457. The van der Waals surface area contributed by atoms with Crippen molar-refractivity contribution in [2.24, 2.45) is 5.92 Å². The summed E-state index contributed by atoms with van der Waals surface area (Å²) in [5, 5.41) is 4.10. The predicted molar refractivity (Wildman–Crippen MR) is 71.0 cm³/mol. The maximum Gasteiger partial charge on any atom is 0.0820 e. The largest absolute Gasteiger partial charge is 0.381 e. The van der Waals surface area contributed by atoms with Crippen LogP contribution in [-0.2, 0) is 0 Å². The normalized spacial score (nSPS) is 12.8. The van der Waals surface area contributed by atoms with E-state index in [4.69, 9.17) is 11.6 Å². The van der Waals surface area contributed by atoms with Gasteiger partial charge in [-0.05, 0) is 25.3 Å². The van der Waals surface area contributed by atoms with E-state index in [1.807, 2.05) is 6.07 Å². The summed E-state index contributed by atoms with van der Waals surface area (Å²) in [6.07, 6.45) is 7.15. The molecule has 1 N–H and O–H groups in total. The monoisotopic (exact) mass is 240 g/mol. The van der Waals surface area contributed by atoms with Crippen molar-refractivity contribution in [2.75, 3.05) is 5.32 Å². The van der Waals surface area contributed by atoms with Crippen LogP contribution in [0.15, 0.2) is 18.5 Å². The van der Waals surface area contributed by atoms with Gasteiger partial charge in [0.2, 0.25) is 0 Å². The van der Waals surface area contributed by atoms with Gasteiger partial charge in [-0.1, -0.05) is 38.3 Å². The summed E-state index contributed by atoms with van der Waals surface area (Å²) in [6.45, 7) is 6.72. The first-order chi connectivity index (χ1) is 7.59. The Hall–Kier alpha value is -0.760. The molecule has 90 valence electrons. The van der Waals surface area contributed by atoms with Gasteiger partial charge in [0.05, 0.1) is 10.7 Å². The molecule has 16 heavy (non-hydrogen) atoms. The highest BCUT2D eigenvalue weighted by molar-refractivity contribution is 6.33. The first-order valence-corrected chi connectivity index (χ1v) is 6.33. The Kier molecular flexibility index (Phi) is 5.61. The topological polar surface area (TPSA) is 24.9 Å². The Balaban J connectivity index is 2.34. The number of hydrogen-bond acceptors (Lipinski definition) is 2. The molecule has 2 nitrogen and oxygen atoms in total. The predicted octanol–water partition coefficient (Wildman–Crippen LogP) is 4.36. The van der Waals surface area contributed by atoms with Crippen LogP contribution in [-0.4, -0.2) is 11.0 Å². The molecule has 0 aromatic carbocycles. The lowest BCUT2D eigenvalue weighted by Gasteiger charge is -2.16. The number of anilines is 1. The van der Waals surface area contributed by atoms with Crippen molar-refractivity contribution >= 4 is 17.3 Å². The molecule has 1 atom stereocenters. The van der Waals surface area contributed by atoms with Crippen LogP contribution >= 0.6 is 11.6 Å². The number of rotatable bonds is 6. The van der Waals surface area contributed by atoms with Crippen molar-refractivity contribution < 1.29 is 0 Å². The van der Waals surface area contributed by atoms with E-state index in [-0.39, 0.29) is 0 Å². The summed E-state index contributed by atoms with van der Waals surface area (Å²) < 4.78 is 0. The van der Waals surface area contributed by atoms with E-state index in [1.165, 1.54) is 19.3 Å². The fourth-order valence-corrected chi connectivity index (χ4v) is 1.84. The van der Waals surface area contributed by atoms with Crippen molar-refractivity contribution in [2.45, 2.75) is 46.1 Å². The van der Waals surface area contributed by atoms with Gasteiger partial charge in [0.25, 0.3) is 0 Å². The van der Waals surface area contributed by atoms with Gasteiger partial charge in [-0.25, -0.2) is 0 Å². The number of hydrogen-bond donors (Lipinski definition) is 1. The third-order valence-corrected chi connectivity index (χ3v) is 2.89.